The molecule has 3 nitrogen and oxygen atoms in total. The maximum Gasteiger partial charge on any atom is 0.0834 e. The van der Waals surface area contributed by atoms with Crippen molar-refractivity contribution in [3.63, 3.8) is 0 Å². The van der Waals surface area contributed by atoms with Crippen LogP contribution in [0.5, 0.6) is 0 Å². The monoisotopic (exact) mass is 271 g/mol. The lowest BCUT2D eigenvalue weighted by Crippen LogP contribution is -2.30. The zero-order chi connectivity index (χ0) is 13.7. The van der Waals surface area contributed by atoms with Crippen molar-refractivity contribution in [2.24, 2.45) is 5.92 Å². The Bertz CT molecular complexity index is 360. The molecule has 2 unspecified atom stereocenters. The molecule has 4 heteroatoms. The first-order valence-corrected chi connectivity index (χ1v) is 7.36. The maximum absolute atomic E-state index is 6.34. The summed E-state index contributed by atoms with van der Waals surface area (Å²) in [5.74, 6) is 0.545. The quantitative estimate of drug-likeness (QED) is 0.805. The molecule has 1 heterocycles. The van der Waals surface area contributed by atoms with Crippen LogP contribution in [0.2, 0.25) is 5.02 Å². The van der Waals surface area contributed by atoms with Gasteiger partial charge in [-0.05, 0) is 32.7 Å². The van der Waals surface area contributed by atoms with Crippen molar-refractivity contribution in [3.05, 3.63) is 16.9 Å². The number of hydrogen-bond donors (Lipinski definition) is 1. The fraction of sp³-hybridized carbons (Fsp3) is 0.786. The van der Waals surface area contributed by atoms with Crippen molar-refractivity contribution in [2.45, 2.75) is 59.5 Å². The van der Waals surface area contributed by atoms with Crippen LogP contribution in [0.1, 0.15) is 65.2 Å². The van der Waals surface area contributed by atoms with Crippen LogP contribution in [-0.4, -0.2) is 16.3 Å². The van der Waals surface area contributed by atoms with Crippen molar-refractivity contribution >= 4 is 11.6 Å². The van der Waals surface area contributed by atoms with E-state index < -0.39 is 0 Å². The molecule has 0 saturated carbocycles. The highest BCUT2D eigenvalue weighted by Gasteiger charge is 2.25. The number of aromatic nitrogens is 2. The normalized spacial score (nSPS) is 15.1. The predicted octanol–water partition coefficient (Wildman–Crippen LogP) is 4.20. The first-order valence-electron chi connectivity index (χ1n) is 6.99. The first kappa shape index (κ1) is 15.5. The van der Waals surface area contributed by atoms with Gasteiger partial charge in [0, 0.05) is 6.04 Å². The van der Waals surface area contributed by atoms with Gasteiger partial charge in [0.1, 0.15) is 0 Å². The van der Waals surface area contributed by atoms with Gasteiger partial charge in [0.2, 0.25) is 0 Å². The predicted molar refractivity (Wildman–Crippen MR) is 78.1 cm³/mol. The van der Waals surface area contributed by atoms with Gasteiger partial charge in [-0.25, -0.2) is 0 Å². The van der Waals surface area contributed by atoms with Gasteiger partial charge in [0.05, 0.1) is 23.0 Å². The molecule has 1 aromatic rings. The Morgan fingerprint density at radius 3 is 2.50 bits per heavy atom. The zero-order valence-corrected chi connectivity index (χ0v) is 13.0. The second-order valence-electron chi connectivity index (χ2n) is 5.23. The fourth-order valence-corrected chi connectivity index (χ4v) is 2.40. The minimum Gasteiger partial charge on any atom is -0.308 e. The topological polar surface area (TPSA) is 29.9 Å². The van der Waals surface area contributed by atoms with Crippen molar-refractivity contribution < 1.29 is 0 Å². The third kappa shape index (κ3) is 3.48. The van der Waals surface area contributed by atoms with Crippen LogP contribution in [0.15, 0.2) is 6.20 Å². The summed E-state index contributed by atoms with van der Waals surface area (Å²) < 4.78 is 2.04. The Kier molecular flexibility index (Phi) is 6.16. The molecule has 0 fully saturated rings. The Labute approximate surface area is 116 Å². The smallest absolute Gasteiger partial charge is 0.0834 e. The number of halogens is 1. The number of nitrogens with one attached hydrogen (secondary N) is 1. The first-order chi connectivity index (χ1) is 8.52. The van der Waals surface area contributed by atoms with Gasteiger partial charge in [-0.3, -0.25) is 4.68 Å². The van der Waals surface area contributed by atoms with Crippen LogP contribution in [0.3, 0.4) is 0 Å². The Morgan fingerprint density at radius 1 is 1.33 bits per heavy atom. The van der Waals surface area contributed by atoms with E-state index in [0.717, 1.165) is 30.1 Å². The van der Waals surface area contributed by atoms with Gasteiger partial charge < -0.3 is 5.32 Å². The SMILES string of the molecule is CCCNC(c1c(Cl)cnn1C(C)C)C(C)CC. The molecule has 1 rings (SSSR count). The van der Waals surface area contributed by atoms with Gasteiger partial charge in [-0.1, -0.05) is 38.8 Å². The molecule has 1 aromatic heterocycles. The summed E-state index contributed by atoms with van der Waals surface area (Å²) in [5.41, 5.74) is 1.13. The summed E-state index contributed by atoms with van der Waals surface area (Å²) in [7, 11) is 0. The van der Waals surface area contributed by atoms with Gasteiger partial charge >= 0.3 is 0 Å². The van der Waals surface area contributed by atoms with E-state index in [0.29, 0.717) is 12.0 Å². The molecule has 0 aliphatic heterocycles. The maximum atomic E-state index is 6.34. The minimum absolute atomic E-state index is 0.285. The second kappa shape index (κ2) is 7.15. The van der Waals surface area contributed by atoms with Crippen molar-refractivity contribution in [2.75, 3.05) is 6.54 Å². The van der Waals surface area contributed by atoms with Gasteiger partial charge in [0.25, 0.3) is 0 Å². The molecule has 2 atom stereocenters. The molecule has 0 saturated heterocycles. The number of nitrogens with zero attached hydrogens (tertiary/aromatic N) is 2. The van der Waals surface area contributed by atoms with E-state index in [2.05, 4.69) is 45.0 Å². The van der Waals surface area contributed by atoms with Gasteiger partial charge in [-0.2, -0.15) is 5.10 Å². The highest BCUT2D eigenvalue weighted by Crippen LogP contribution is 2.31. The highest BCUT2D eigenvalue weighted by atomic mass is 35.5. The molecule has 0 aliphatic carbocycles. The van der Waals surface area contributed by atoms with E-state index in [1.807, 2.05) is 4.68 Å². The van der Waals surface area contributed by atoms with Crippen molar-refractivity contribution in [1.29, 1.82) is 0 Å². The Hall–Kier alpha value is -0.540. The molecule has 0 aliphatic rings. The third-order valence-corrected chi connectivity index (χ3v) is 3.69. The summed E-state index contributed by atoms with van der Waals surface area (Å²) in [5, 5.41) is 8.79. The Balaban J connectivity index is 3.07. The lowest BCUT2D eigenvalue weighted by Gasteiger charge is -2.26. The Morgan fingerprint density at radius 2 is 2.00 bits per heavy atom. The summed E-state index contributed by atoms with van der Waals surface area (Å²) in [6.45, 7) is 12.0. The lowest BCUT2D eigenvalue weighted by molar-refractivity contribution is 0.345. The van der Waals surface area contributed by atoms with E-state index >= 15 is 0 Å². The zero-order valence-electron chi connectivity index (χ0n) is 12.2. The average Bonchev–Trinajstić information content (AvgIpc) is 2.72. The number of hydrogen-bond acceptors (Lipinski definition) is 2. The molecule has 104 valence electrons. The summed E-state index contributed by atoms with van der Waals surface area (Å²) in [6.07, 6.45) is 4.02. The third-order valence-electron chi connectivity index (χ3n) is 3.40. The average molecular weight is 272 g/mol. The summed E-state index contributed by atoms with van der Waals surface area (Å²) in [4.78, 5) is 0. The van der Waals surface area contributed by atoms with E-state index in [-0.39, 0.29) is 6.04 Å². The second-order valence-corrected chi connectivity index (χ2v) is 5.64. The highest BCUT2D eigenvalue weighted by molar-refractivity contribution is 6.31. The van der Waals surface area contributed by atoms with Crippen molar-refractivity contribution in [1.82, 2.24) is 15.1 Å². The summed E-state index contributed by atoms with van der Waals surface area (Å²) >= 11 is 6.34. The standard InChI is InChI=1S/C14H26ClN3/c1-6-8-16-13(11(5)7-2)14-12(15)9-17-18(14)10(3)4/h9-11,13,16H,6-8H2,1-5H3. The van der Waals surface area contributed by atoms with Crippen LogP contribution in [-0.2, 0) is 0 Å². The fourth-order valence-electron chi connectivity index (χ4n) is 2.16. The van der Waals surface area contributed by atoms with Crippen molar-refractivity contribution in [3.8, 4) is 0 Å². The van der Waals surface area contributed by atoms with Gasteiger partial charge in [0.15, 0.2) is 0 Å². The van der Waals surface area contributed by atoms with E-state index in [1.54, 1.807) is 6.20 Å². The van der Waals surface area contributed by atoms with Crippen LogP contribution < -0.4 is 5.32 Å². The van der Waals surface area contributed by atoms with E-state index in [9.17, 15) is 0 Å². The molecule has 0 aromatic carbocycles. The van der Waals surface area contributed by atoms with Gasteiger partial charge in [-0.15, -0.1) is 0 Å². The largest absolute Gasteiger partial charge is 0.308 e. The van der Waals surface area contributed by atoms with Crippen LogP contribution in [0.25, 0.3) is 0 Å². The molecule has 18 heavy (non-hydrogen) atoms. The van der Waals surface area contributed by atoms with Crippen LogP contribution in [0, 0.1) is 5.92 Å². The number of rotatable bonds is 7. The van der Waals surface area contributed by atoms with E-state index in [1.165, 1.54) is 0 Å². The molecular weight excluding hydrogens is 246 g/mol. The van der Waals surface area contributed by atoms with Crippen LogP contribution in [0.4, 0.5) is 0 Å². The lowest BCUT2D eigenvalue weighted by atomic mass is 9.95. The molecule has 1 N–H and O–H groups in total. The molecule has 0 amide bonds. The van der Waals surface area contributed by atoms with Crippen LogP contribution >= 0.6 is 11.6 Å². The summed E-state index contributed by atoms with van der Waals surface area (Å²) in [6, 6.07) is 0.620. The molecule has 0 radical (unpaired) electrons. The van der Waals surface area contributed by atoms with E-state index in [4.69, 9.17) is 11.6 Å². The molecule has 0 bridgehead atoms. The molecular formula is C14H26ClN3. The molecule has 0 spiro atoms. The minimum atomic E-state index is 0.285.